The lowest BCUT2D eigenvalue weighted by Crippen LogP contribution is -2.24. The fraction of sp³-hybridized carbons (Fsp3) is 0.250. The predicted octanol–water partition coefficient (Wildman–Crippen LogP) is 2.37. The van der Waals surface area contributed by atoms with Gasteiger partial charge in [0.1, 0.15) is 22.9 Å². The van der Waals surface area contributed by atoms with Crippen molar-refractivity contribution in [2.24, 2.45) is 0 Å². The van der Waals surface area contributed by atoms with E-state index >= 15 is 0 Å². The van der Waals surface area contributed by atoms with Gasteiger partial charge in [0.2, 0.25) is 0 Å². The molecular formula is C12H10Cl2N2O4. The van der Waals surface area contributed by atoms with Crippen molar-refractivity contribution in [3.63, 3.8) is 0 Å². The number of rotatable bonds is 4. The first kappa shape index (κ1) is 14.6. The average Bonchev–Trinajstić information content (AvgIpc) is 2.88. The smallest absolute Gasteiger partial charge is 0.341 e. The van der Waals surface area contributed by atoms with Crippen LogP contribution in [0.4, 0.5) is 0 Å². The Morgan fingerprint density at radius 2 is 2.25 bits per heavy atom. The molecule has 2 aromatic heterocycles. The summed E-state index contributed by atoms with van der Waals surface area (Å²) >= 11 is 11.4. The van der Waals surface area contributed by atoms with Crippen molar-refractivity contribution in [2.75, 3.05) is 6.61 Å². The summed E-state index contributed by atoms with van der Waals surface area (Å²) in [5.74, 6) is -0.263. The molecule has 0 spiro atoms. The van der Waals surface area contributed by atoms with Crippen molar-refractivity contribution in [2.45, 2.75) is 13.5 Å². The molecule has 0 unspecified atom stereocenters. The second-order valence-electron chi connectivity index (χ2n) is 3.75. The third-order valence-corrected chi connectivity index (χ3v) is 3.23. The molecule has 0 saturated carbocycles. The number of halogens is 2. The van der Waals surface area contributed by atoms with Gasteiger partial charge in [0.05, 0.1) is 24.1 Å². The first-order chi connectivity index (χ1) is 9.54. The zero-order chi connectivity index (χ0) is 14.7. The van der Waals surface area contributed by atoms with E-state index < -0.39 is 11.5 Å². The molecule has 0 aliphatic carbocycles. The summed E-state index contributed by atoms with van der Waals surface area (Å²) in [5, 5.41) is 3.77. The van der Waals surface area contributed by atoms with Crippen LogP contribution in [0.2, 0.25) is 10.0 Å². The lowest BCUT2D eigenvalue weighted by atomic mass is 10.2. The van der Waals surface area contributed by atoms with Gasteiger partial charge >= 0.3 is 5.97 Å². The fourth-order valence-electron chi connectivity index (χ4n) is 1.55. The van der Waals surface area contributed by atoms with Crippen LogP contribution in [-0.2, 0) is 11.3 Å². The van der Waals surface area contributed by atoms with Crippen LogP contribution in [-0.4, -0.2) is 22.4 Å². The van der Waals surface area contributed by atoms with Gasteiger partial charge in [0.25, 0.3) is 5.56 Å². The minimum absolute atomic E-state index is 0.0448. The lowest BCUT2D eigenvalue weighted by Gasteiger charge is -2.05. The number of hydrogen-bond acceptors (Lipinski definition) is 5. The third-order valence-electron chi connectivity index (χ3n) is 2.48. The second kappa shape index (κ2) is 6.11. The number of nitrogens with zero attached hydrogens (tertiary/aromatic N) is 2. The van der Waals surface area contributed by atoms with E-state index in [0.29, 0.717) is 0 Å². The Balaban J connectivity index is 2.32. The summed E-state index contributed by atoms with van der Waals surface area (Å²) in [5.41, 5.74) is -0.322. The number of ether oxygens (including phenoxy) is 1. The molecule has 0 bridgehead atoms. The molecular weight excluding hydrogens is 307 g/mol. The number of aromatic nitrogens is 2. The van der Waals surface area contributed by atoms with Gasteiger partial charge in [-0.3, -0.25) is 4.79 Å². The molecule has 0 saturated heterocycles. The highest BCUT2D eigenvalue weighted by molar-refractivity contribution is 6.41. The van der Waals surface area contributed by atoms with E-state index in [1.165, 1.54) is 18.5 Å². The summed E-state index contributed by atoms with van der Waals surface area (Å²) in [7, 11) is 0. The third kappa shape index (κ3) is 2.86. The van der Waals surface area contributed by atoms with Crippen molar-refractivity contribution >= 4 is 29.2 Å². The first-order valence-corrected chi connectivity index (χ1v) is 6.44. The summed E-state index contributed by atoms with van der Waals surface area (Å²) in [6.45, 7) is 1.90. The molecule has 0 fully saturated rings. The molecule has 20 heavy (non-hydrogen) atoms. The van der Waals surface area contributed by atoms with Crippen LogP contribution in [0.3, 0.4) is 0 Å². The minimum Gasteiger partial charge on any atom is -0.466 e. The summed E-state index contributed by atoms with van der Waals surface area (Å²) in [6, 6.07) is 1.47. The Morgan fingerprint density at radius 1 is 1.50 bits per heavy atom. The van der Waals surface area contributed by atoms with E-state index in [4.69, 9.17) is 32.4 Å². The number of esters is 1. The molecule has 0 aliphatic heterocycles. The Morgan fingerprint density at radius 3 is 2.95 bits per heavy atom. The Kier molecular flexibility index (Phi) is 4.46. The maximum atomic E-state index is 11.8. The Labute approximate surface area is 123 Å². The van der Waals surface area contributed by atoms with Crippen LogP contribution in [0.25, 0.3) is 0 Å². The van der Waals surface area contributed by atoms with Gasteiger partial charge in [0, 0.05) is 0 Å². The Hall–Kier alpha value is -1.79. The van der Waals surface area contributed by atoms with Gasteiger partial charge in [-0.15, -0.1) is 0 Å². The van der Waals surface area contributed by atoms with E-state index in [1.54, 1.807) is 6.92 Å². The van der Waals surface area contributed by atoms with Gasteiger partial charge in [-0.05, 0) is 13.0 Å². The molecule has 2 rings (SSSR count). The molecule has 0 atom stereocenters. The average molecular weight is 317 g/mol. The Bertz CT molecular complexity index is 693. The van der Waals surface area contributed by atoms with Crippen LogP contribution in [0.1, 0.15) is 23.0 Å². The van der Waals surface area contributed by atoms with Gasteiger partial charge in [-0.2, -0.15) is 5.10 Å². The highest BCUT2D eigenvalue weighted by Gasteiger charge is 2.17. The van der Waals surface area contributed by atoms with Crippen molar-refractivity contribution in [1.82, 2.24) is 9.78 Å². The molecule has 0 aromatic carbocycles. The molecule has 0 radical (unpaired) electrons. The SMILES string of the molecule is CCOC(=O)c1ccoc1Cn1ncc(Cl)c(Cl)c1=O. The van der Waals surface area contributed by atoms with Gasteiger partial charge in [0.15, 0.2) is 0 Å². The van der Waals surface area contributed by atoms with Crippen LogP contribution < -0.4 is 5.56 Å². The number of furan rings is 1. The minimum atomic E-state index is -0.564. The molecule has 106 valence electrons. The standard InChI is InChI=1S/C12H10Cl2N2O4/c1-2-19-12(18)7-3-4-20-9(7)6-16-11(17)10(14)8(13)5-15-16/h3-5H,2,6H2,1H3. The van der Waals surface area contributed by atoms with Crippen molar-refractivity contribution < 1.29 is 13.9 Å². The molecule has 6 nitrogen and oxygen atoms in total. The predicted molar refractivity (Wildman–Crippen MR) is 72.3 cm³/mol. The maximum absolute atomic E-state index is 11.8. The first-order valence-electron chi connectivity index (χ1n) is 5.69. The van der Waals surface area contributed by atoms with Crippen LogP contribution >= 0.6 is 23.2 Å². The normalized spacial score (nSPS) is 10.6. The summed E-state index contributed by atoms with van der Waals surface area (Å²) in [4.78, 5) is 23.5. The van der Waals surface area contributed by atoms with E-state index in [9.17, 15) is 9.59 Å². The molecule has 2 aromatic rings. The van der Waals surface area contributed by atoms with E-state index in [0.717, 1.165) is 4.68 Å². The van der Waals surface area contributed by atoms with E-state index in [2.05, 4.69) is 5.10 Å². The van der Waals surface area contributed by atoms with Crippen LogP contribution in [0, 0.1) is 0 Å². The molecule has 0 amide bonds. The molecule has 0 aliphatic rings. The number of hydrogen-bond donors (Lipinski definition) is 0. The zero-order valence-corrected chi connectivity index (χ0v) is 11.9. The largest absolute Gasteiger partial charge is 0.466 e. The highest BCUT2D eigenvalue weighted by atomic mass is 35.5. The molecule has 0 N–H and O–H groups in total. The van der Waals surface area contributed by atoms with Gasteiger partial charge in [-0.25, -0.2) is 9.48 Å². The monoisotopic (exact) mass is 316 g/mol. The second-order valence-corrected chi connectivity index (χ2v) is 4.53. The van der Waals surface area contributed by atoms with Crippen molar-refractivity contribution in [3.05, 3.63) is 50.2 Å². The number of carbonyl (C=O) groups excluding carboxylic acids is 1. The van der Waals surface area contributed by atoms with Crippen LogP contribution in [0.5, 0.6) is 0 Å². The van der Waals surface area contributed by atoms with E-state index in [1.807, 2.05) is 0 Å². The molecule has 2 heterocycles. The molecule has 8 heteroatoms. The summed E-state index contributed by atoms with van der Waals surface area (Å²) < 4.78 is 11.1. The topological polar surface area (TPSA) is 74.3 Å². The quantitative estimate of drug-likeness (QED) is 0.809. The lowest BCUT2D eigenvalue weighted by molar-refractivity contribution is 0.0523. The number of carbonyl (C=O) groups is 1. The maximum Gasteiger partial charge on any atom is 0.341 e. The van der Waals surface area contributed by atoms with Crippen molar-refractivity contribution in [3.8, 4) is 0 Å². The zero-order valence-electron chi connectivity index (χ0n) is 10.4. The summed E-state index contributed by atoms with van der Waals surface area (Å²) in [6.07, 6.45) is 2.59. The van der Waals surface area contributed by atoms with Crippen molar-refractivity contribution in [1.29, 1.82) is 0 Å². The van der Waals surface area contributed by atoms with Gasteiger partial charge < -0.3 is 9.15 Å². The highest BCUT2D eigenvalue weighted by Crippen LogP contribution is 2.16. The van der Waals surface area contributed by atoms with Gasteiger partial charge in [-0.1, -0.05) is 23.2 Å². The van der Waals surface area contributed by atoms with Crippen LogP contribution in [0.15, 0.2) is 27.7 Å². The van der Waals surface area contributed by atoms with E-state index in [-0.39, 0.29) is 34.5 Å². The fourth-order valence-corrected chi connectivity index (χ4v) is 1.82.